The number of nitrogens with zero attached hydrogens (tertiary/aromatic N) is 4. The molecule has 0 aliphatic carbocycles. The van der Waals surface area contributed by atoms with Crippen molar-refractivity contribution in [2.75, 3.05) is 17.2 Å². The van der Waals surface area contributed by atoms with Gasteiger partial charge in [-0.05, 0) is 30.5 Å². The maximum Gasteiger partial charge on any atom is 0.294 e. The molecule has 2 aromatic heterocycles. The molecule has 32 heavy (non-hydrogen) atoms. The first kappa shape index (κ1) is 25.2. The maximum absolute atomic E-state index is 13.2. The molecule has 1 aromatic carbocycles. The Morgan fingerprint density at radius 3 is 2.56 bits per heavy atom. The van der Waals surface area contributed by atoms with Gasteiger partial charge in [-0.1, -0.05) is 36.4 Å². The van der Waals surface area contributed by atoms with Crippen molar-refractivity contribution in [2.24, 2.45) is 5.73 Å². The van der Waals surface area contributed by atoms with E-state index in [1.807, 2.05) is 36.1 Å². The van der Waals surface area contributed by atoms with Gasteiger partial charge in [-0.25, -0.2) is 9.97 Å². The number of hydrogen-bond donors (Lipinski definition) is 2. The lowest BCUT2D eigenvalue weighted by Gasteiger charge is -2.32. The molecule has 1 amide bonds. The third-order valence-corrected chi connectivity index (χ3v) is 5.49. The zero-order chi connectivity index (χ0) is 21.3. The van der Waals surface area contributed by atoms with Crippen molar-refractivity contribution in [2.45, 2.75) is 32.4 Å². The summed E-state index contributed by atoms with van der Waals surface area (Å²) in [7, 11) is 0. The molecule has 1 atom stereocenters. The van der Waals surface area contributed by atoms with Crippen molar-refractivity contribution < 1.29 is 4.79 Å². The van der Waals surface area contributed by atoms with Gasteiger partial charge >= 0.3 is 0 Å². The van der Waals surface area contributed by atoms with E-state index in [0.717, 1.165) is 28.9 Å². The van der Waals surface area contributed by atoms with E-state index in [1.54, 1.807) is 12.3 Å². The van der Waals surface area contributed by atoms with E-state index in [-0.39, 0.29) is 30.4 Å². The van der Waals surface area contributed by atoms with E-state index in [9.17, 15) is 9.59 Å². The summed E-state index contributed by atoms with van der Waals surface area (Å²) in [5, 5.41) is 0. The lowest BCUT2D eigenvalue weighted by atomic mass is 10.0. The Balaban J connectivity index is 0.00000181. The molecule has 170 valence electrons. The van der Waals surface area contributed by atoms with Gasteiger partial charge in [-0.3, -0.25) is 14.2 Å². The van der Waals surface area contributed by atoms with Gasteiger partial charge in [0.05, 0.1) is 0 Å². The predicted octanol–water partition coefficient (Wildman–Crippen LogP) is 2.20. The van der Waals surface area contributed by atoms with Crippen molar-refractivity contribution in [3.8, 4) is 0 Å². The van der Waals surface area contributed by atoms with Crippen LogP contribution in [0.1, 0.15) is 28.6 Å². The van der Waals surface area contributed by atoms with Crippen LogP contribution in [0.15, 0.2) is 53.5 Å². The van der Waals surface area contributed by atoms with E-state index in [0.29, 0.717) is 31.1 Å². The second kappa shape index (κ2) is 10.5. The number of nitrogen functional groups attached to an aromatic ring is 1. The molecule has 10 heteroatoms. The number of nitrogens with two attached hydrogens (primary N) is 2. The highest BCUT2D eigenvalue weighted by molar-refractivity contribution is 5.85. The van der Waals surface area contributed by atoms with Crippen LogP contribution in [0.3, 0.4) is 0 Å². The zero-order valence-electron chi connectivity index (χ0n) is 17.6. The minimum absolute atomic E-state index is 0. The van der Waals surface area contributed by atoms with Gasteiger partial charge in [0.2, 0.25) is 5.91 Å². The number of benzene rings is 1. The highest BCUT2D eigenvalue weighted by atomic mass is 35.5. The molecule has 4 N–H and O–H groups in total. The Bertz CT molecular complexity index is 1150. The summed E-state index contributed by atoms with van der Waals surface area (Å²) in [4.78, 5) is 35.5. The maximum atomic E-state index is 13.2. The summed E-state index contributed by atoms with van der Waals surface area (Å²) in [6.45, 7) is 2.92. The third-order valence-electron chi connectivity index (χ3n) is 5.49. The van der Waals surface area contributed by atoms with Crippen LogP contribution < -0.4 is 21.9 Å². The normalized spacial score (nSPS) is 13.7. The second-order valence-electron chi connectivity index (χ2n) is 7.51. The number of hydrogen-bond acceptors (Lipinski definition) is 6. The molecule has 0 bridgehead atoms. The van der Waals surface area contributed by atoms with Crippen LogP contribution in [0.2, 0.25) is 0 Å². The van der Waals surface area contributed by atoms with E-state index in [1.165, 1.54) is 4.57 Å². The average molecular weight is 477 g/mol. The number of aromatic nitrogens is 3. The molecule has 3 heterocycles. The molecule has 8 nitrogen and oxygen atoms in total. The van der Waals surface area contributed by atoms with Crippen molar-refractivity contribution in [3.05, 3.63) is 81.5 Å². The highest BCUT2D eigenvalue weighted by Crippen LogP contribution is 2.25. The number of primary amides is 1. The quantitative estimate of drug-likeness (QED) is 0.539. The highest BCUT2D eigenvalue weighted by Gasteiger charge is 2.33. The molecule has 0 radical (unpaired) electrons. The van der Waals surface area contributed by atoms with Gasteiger partial charge in [0, 0.05) is 37.1 Å². The fourth-order valence-electron chi connectivity index (χ4n) is 3.76. The van der Waals surface area contributed by atoms with Gasteiger partial charge in [-0.15, -0.1) is 24.8 Å². The average Bonchev–Trinajstić information content (AvgIpc) is 2.69. The lowest BCUT2D eigenvalue weighted by Crippen LogP contribution is -2.47. The van der Waals surface area contributed by atoms with E-state index in [2.05, 4.69) is 22.1 Å². The van der Waals surface area contributed by atoms with Crippen molar-refractivity contribution in [1.29, 1.82) is 0 Å². The number of aryl methyl sites for hydroxylation is 1. The van der Waals surface area contributed by atoms with Crippen LogP contribution in [-0.2, 0) is 24.2 Å². The Hall–Kier alpha value is -3.10. The van der Waals surface area contributed by atoms with Gasteiger partial charge in [-0.2, -0.15) is 0 Å². The zero-order valence-corrected chi connectivity index (χ0v) is 19.2. The smallest absolute Gasteiger partial charge is 0.294 e. The predicted molar refractivity (Wildman–Crippen MR) is 130 cm³/mol. The fourth-order valence-corrected chi connectivity index (χ4v) is 3.76. The number of carbonyl (C=O) groups excluding carboxylic acids is 1. The lowest BCUT2D eigenvalue weighted by molar-refractivity contribution is -0.122. The molecule has 0 spiro atoms. The molecule has 1 aliphatic heterocycles. The molecule has 0 fully saturated rings. The van der Waals surface area contributed by atoms with Gasteiger partial charge in [0.15, 0.2) is 5.82 Å². The Morgan fingerprint density at radius 1 is 1.19 bits per heavy atom. The standard InChI is InChI=1S/C22H24N6O2.2ClH/c1-14-16(7-8-19(23)26-14)13-27(10-9-15-5-3-2-4-6-15)21-22(30)28-17(12-25-21)11-18(28)20(24)29;;/h2-8,12,18H,9-11,13H2,1H3,(H2,23,26)(H2,24,29);2*1H/t18-;;/m0../s1. The first-order valence-corrected chi connectivity index (χ1v) is 9.84. The minimum atomic E-state index is -0.606. The molecule has 1 aliphatic rings. The first-order valence-electron chi connectivity index (χ1n) is 9.84. The first-order chi connectivity index (χ1) is 14.4. The summed E-state index contributed by atoms with van der Waals surface area (Å²) < 4.78 is 1.45. The van der Waals surface area contributed by atoms with Crippen molar-refractivity contribution >= 4 is 42.4 Å². The Labute approximate surface area is 198 Å². The number of rotatable bonds is 7. The SMILES string of the molecule is Cc1nc(N)ccc1CN(CCc1ccccc1)c1ncc2n(c1=O)[C@H](C(N)=O)C2.Cl.Cl. The van der Waals surface area contributed by atoms with Crippen molar-refractivity contribution in [1.82, 2.24) is 14.5 Å². The fraction of sp³-hybridized carbons (Fsp3) is 0.273. The van der Waals surface area contributed by atoms with E-state index >= 15 is 0 Å². The van der Waals surface area contributed by atoms with E-state index in [4.69, 9.17) is 11.5 Å². The molecular weight excluding hydrogens is 451 g/mol. The number of anilines is 2. The number of halogens is 2. The number of fused-ring (bicyclic) bond motifs is 1. The van der Waals surface area contributed by atoms with Crippen LogP contribution in [0.4, 0.5) is 11.6 Å². The van der Waals surface area contributed by atoms with Gasteiger partial charge in [0.25, 0.3) is 5.56 Å². The molecular formula is C22H26Cl2N6O2. The van der Waals surface area contributed by atoms with Crippen LogP contribution in [0, 0.1) is 6.92 Å². The molecule has 0 unspecified atom stereocenters. The summed E-state index contributed by atoms with van der Waals surface area (Å²) in [5.74, 6) is 0.253. The van der Waals surface area contributed by atoms with Crippen LogP contribution in [0.25, 0.3) is 0 Å². The number of amides is 1. The molecule has 4 rings (SSSR count). The third kappa shape index (κ3) is 5.03. The molecule has 0 saturated carbocycles. The molecule has 0 saturated heterocycles. The van der Waals surface area contributed by atoms with Crippen molar-refractivity contribution in [3.63, 3.8) is 0 Å². The van der Waals surface area contributed by atoms with E-state index < -0.39 is 11.9 Å². The van der Waals surface area contributed by atoms with Crippen LogP contribution >= 0.6 is 24.8 Å². The minimum Gasteiger partial charge on any atom is -0.384 e. The van der Waals surface area contributed by atoms with Crippen LogP contribution in [-0.4, -0.2) is 27.0 Å². The number of pyridine rings is 1. The van der Waals surface area contributed by atoms with Crippen LogP contribution in [0.5, 0.6) is 0 Å². The Kier molecular flexibility index (Phi) is 8.24. The molecule has 3 aromatic rings. The topological polar surface area (TPSA) is 120 Å². The Morgan fingerprint density at radius 2 is 1.91 bits per heavy atom. The monoisotopic (exact) mass is 476 g/mol. The van der Waals surface area contributed by atoms with Gasteiger partial charge < -0.3 is 16.4 Å². The van der Waals surface area contributed by atoms with Gasteiger partial charge in [0.1, 0.15) is 11.9 Å². The summed E-state index contributed by atoms with van der Waals surface area (Å²) in [6, 6.07) is 13.1. The number of carbonyl (C=O) groups is 1. The largest absolute Gasteiger partial charge is 0.384 e. The summed E-state index contributed by atoms with van der Waals surface area (Å²) in [5.41, 5.74) is 14.6. The summed E-state index contributed by atoms with van der Waals surface area (Å²) >= 11 is 0. The second-order valence-corrected chi connectivity index (χ2v) is 7.51. The summed E-state index contributed by atoms with van der Waals surface area (Å²) in [6.07, 6.45) is 2.84.